The van der Waals surface area contributed by atoms with Gasteiger partial charge in [-0.2, -0.15) is 0 Å². The van der Waals surface area contributed by atoms with E-state index >= 15 is 0 Å². The van der Waals surface area contributed by atoms with Crippen LogP contribution in [0.25, 0.3) is 5.57 Å². The van der Waals surface area contributed by atoms with Crippen molar-refractivity contribution in [1.82, 2.24) is 0 Å². The summed E-state index contributed by atoms with van der Waals surface area (Å²) in [5.74, 6) is 0.639. The van der Waals surface area contributed by atoms with Crippen molar-refractivity contribution < 1.29 is 0 Å². The minimum absolute atomic E-state index is 0.639. The van der Waals surface area contributed by atoms with Gasteiger partial charge < -0.3 is 5.73 Å². The van der Waals surface area contributed by atoms with Gasteiger partial charge >= 0.3 is 0 Å². The van der Waals surface area contributed by atoms with Crippen molar-refractivity contribution in [2.75, 3.05) is 5.73 Å². The molecule has 0 bridgehead atoms. The van der Waals surface area contributed by atoms with Gasteiger partial charge in [0.2, 0.25) is 0 Å². The molecule has 98 valence electrons. The van der Waals surface area contributed by atoms with Crippen LogP contribution in [0.5, 0.6) is 0 Å². The number of rotatable bonds is 2. The van der Waals surface area contributed by atoms with E-state index in [4.69, 9.17) is 5.73 Å². The van der Waals surface area contributed by atoms with Gasteiger partial charge in [0, 0.05) is 5.69 Å². The summed E-state index contributed by atoms with van der Waals surface area (Å²) in [6.45, 7) is 0. The first kappa shape index (κ1) is 12.3. The second-order valence-corrected chi connectivity index (χ2v) is 5.51. The van der Waals surface area contributed by atoms with E-state index in [0.29, 0.717) is 5.92 Å². The number of nitrogen functional groups attached to an aromatic ring is 1. The number of nitrogens with two attached hydrogens (primary N) is 1. The lowest BCUT2D eigenvalue weighted by molar-refractivity contribution is 0.617. The molecular formula is C18H21N. The zero-order valence-corrected chi connectivity index (χ0v) is 11.3. The van der Waals surface area contributed by atoms with E-state index in [-0.39, 0.29) is 0 Å². The maximum absolute atomic E-state index is 6.10. The summed E-state index contributed by atoms with van der Waals surface area (Å²) in [6, 6.07) is 6.59. The standard InChI is InChI=1S/C18H21N/c19-18-12-16(14-7-3-1-4-8-14)11-17(13-18)15-9-5-2-6-10-15/h1,3,5,9-14H,2,4,6-8,19H2. The molecule has 0 aliphatic heterocycles. The summed E-state index contributed by atoms with van der Waals surface area (Å²) in [4.78, 5) is 0. The number of anilines is 1. The Balaban J connectivity index is 1.93. The average molecular weight is 251 g/mol. The molecule has 3 rings (SSSR count). The molecule has 2 aliphatic rings. The van der Waals surface area contributed by atoms with Crippen LogP contribution in [0, 0.1) is 0 Å². The summed E-state index contributed by atoms with van der Waals surface area (Å²) in [5.41, 5.74) is 11.0. The Labute approximate surface area is 115 Å². The third-order valence-electron chi connectivity index (χ3n) is 4.05. The van der Waals surface area contributed by atoms with Gasteiger partial charge in [-0.3, -0.25) is 0 Å². The fourth-order valence-corrected chi connectivity index (χ4v) is 3.00. The zero-order valence-electron chi connectivity index (χ0n) is 11.3. The molecule has 0 saturated carbocycles. The van der Waals surface area contributed by atoms with E-state index in [1.807, 2.05) is 0 Å². The molecule has 0 amide bonds. The second-order valence-electron chi connectivity index (χ2n) is 5.51. The first-order valence-electron chi connectivity index (χ1n) is 7.25. The molecule has 1 heteroatoms. The summed E-state index contributed by atoms with van der Waals surface area (Å²) >= 11 is 0. The Bertz CT molecular complexity index is 549. The summed E-state index contributed by atoms with van der Waals surface area (Å²) in [5, 5.41) is 0. The van der Waals surface area contributed by atoms with Crippen LogP contribution in [0.1, 0.15) is 49.1 Å². The van der Waals surface area contributed by atoms with Gasteiger partial charge in [0.05, 0.1) is 0 Å². The predicted molar refractivity (Wildman–Crippen MR) is 82.9 cm³/mol. The zero-order chi connectivity index (χ0) is 13.1. The Morgan fingerprint density at radius 2 is 1.89 bits per heavy atom. The summed E-state index contributed by atoms with van der Waals surface area (Å²) in [7, 11) is 0. The number of allylic oxidation sites excluding steroid dienone is 6. The van der Waals surface area contributed by atoms with Gasteiger partial charge in [-0.15, -0.1) is 0 Å². The number of hydrogen-bond donors (Lipinski definition) is 1. The minimum atomic E-state index is 0.639. The van der Waals surface area contributed by atoms with Crippen LogP contribution in [0.4, 0.5) is 5.69 Å². The molecule has 1 unspecified atom stereocenters. The van der Waals surface area contributed by atoms with Gasteiger partial charge in [-0.1, -0.05) is 36.4 Å². The van der Waals surface area contributed by atoms with Gasteiger partial charge in [0.15, 0.2) is 0 Å². The topological polar surface area (TPSA) is 26.0 Å². The Morgan fingerprint density at radius 1 is 0.947 bits per heavy atom. The molecule has 0 spiro atoms. The number of benzene rings is 1. The molecule has 0 aromatic heterocycles. The molecule has 1 nitrogen and oxygen atoms in total. The van der Waals surface area contributed by atoms with Crippen molar-refractivity contribution in [2.24, 2.45) is 0 Å². The lowest BCUT2D eigenvalue weighted by atomic mass is 9.85. The smallest absolute Gasteiger partial charge is 0.0323 e. The largest absolute Gasteiger partial charge is 0.399 e. The van der Waals surface area contributed by atoms with E-state index in [1.165, 1.54) is 29.5 Å². The average Bonchev–Trinajstić information content (AvgIpc) is 2.48. The summed E-state index contributed by atoms with van der Waals surface area (Å²) in [6.07, 6.45) is 17.3. The van der Waals surface area contributed by atoms with Gasteiger partial charge in [0.1, 0.15) is 0 Å². The Morgan fingerprint density at radius 3 is 2.63 bits per heavy atom. The fraction of sp³-hybridized carbons (Fsp3) is 0.333. The van der Waals surface area contributed by atoms with Crippen LogP contribution >= 0.6 is 0 Å². The van der Waals surface area contributed by atoms with Gasteiger partial charge in [0.25, 0.3) is 0 Å². The molecule has 1 aromatic carbocycles. The lowest BCUT2D eigenvalue weighted by Gasteiger charge is -2.20. The van der Waals surface area contributed by atoms with E-state index in [1.54, 1.807) is 0 Å². The maximum atomic E-state index is 6.10. The highest BCUT2D eigenvalue weighted by Crippen LogP contribution is 2.33. The van der Waals surface area contributed by atoms with Crippen molar-refractivity contribution in [1.29, 1.82) is 0 Å². The highest BCUT2D eigenvalue weighted by Gasteiger charge is 2.14. The van der Waals surface area contributed by atoms with Crippen LogP contribution in [0.3, 0.4) is 0 Å². The second kappa shape index (κ2) is 5.48. The molecule has 0 saturated heterocycles. The molecule has 2 N–H and O–H groups in total. The van der Waals surface area contributed by atoms with Crippen LogP contribution < -0.4 is 5.73 Å². The molecule has 1 aromatic rings. The van der Waals surface area contributed by atoms with Crippen LogP contribution in [0.2, 0.25) is 0 Å². The third kappa shape index (κ3) is 2.81. The molecule has 0 radical (unpaired) electrons. The van der Waals surface area contributed by atoms with Crippen LogP contribution in [-0.4, -0.2) is 0 Å². The first-order chi connectivity index (χ1) is 9.33. The van der Waals surface area contributed by atoms with Crippen molar-refractivity contribution in [3.05, 3.63) is 59.7 Å². The van der Waals surface area contributed by atoms with Gasteiger partial charge in [-0.05, 0) is 66.9 Å². The molecule has 1 atom stereocenters. The fourth-order valence-electron chi connectivity index (χ4n) is 3.00. The maximum Gasteiger partial charge on any atom is 0.0323 e. The Kier molecular flexibility index (Phi) is 3.54. The highest BCUT2D eigenvalue weighted by atomic mass is 14.5. The minimum Gasteiger partial charge on any atom is -0.399 e. The first-order valence-corrected chi connectivity index (χ1v) is 7.25. The molecule has 0 heterocycles. The molecular weight excluding hydrogens is 230 g/mol. The van der Waals surface area contributed by atoms with E-state index < -0.39 is 0 Å². The SMILES string of the molecule is Nc1cc(C2=CCCC=C2)cc(C2CC=CCC2)c1. The lowest BCUT2D eigenvalue weighted by Crippen LogP contribution is -2.03. The van der Waals surface area contributed by atoms with E-state index in [9.17, 15) is 0 Å². The molecule has 0 fully saturated rings. The van der Waals surface area contributed by atoms with Crippen molar-refractivity contribution in [3.8, 4) is 0 Å². The molecule has 2 aliphatic carbocycles. The summed E-state index contributed by atoms with van der Waals surface area (Å²) < 4.78 is 0. The van der Waals surface area contributed by atoms with E-state index in [0.717, 1.165) is 24.9 Å². The van der Waals surface area contributed by atoms with Crippen molar-refractivity contribution in [3.63, 3.8) is 0 Å². The normalized spacial score (nSPS) is 22.3. The molecule has 19 heavy (non-hydrogen) atoms. The van der Waals surface area contributed by atoms with Crippen molar-refractivity contribution in [2.45, 2.75) is 38.0 Å². The third-order valence-corrected chi connectivity index (χ3v) is 4.05. The quantitative estimate of drug-likeness (QED) is 0.591. The van der Waals surface area contributed by atoms with Gasteiger partial charge in [-0.25, -0.2) is 0 Å². The van der Waals surface area contributed by atoms with Crippen LogP contribution in [0.15, 0.2) is 48.6 Å². The highest BCUT2D eigenvalue weighted by molar-refractivity contribution is 5.77. The monoisotopic (exact) mass is 251 g/mol. The van der Waals surface area contributed by atoms with E-state index in [2.05, 4.69) is 48.6 Å². The number of hydrogen-bond acceptors (Lipinski definition) is 1. The Hall–Kier alpha value is -1.76. The van der Waals surface area contributed by atoms with Crippen molar-refractivity contribution >= 4 is 11.3 Å². The van der Waals surface area contributed by atoms with Crippen LogP contribution in [-0.2, 0) is 0 Å². The predicted octanol–water partition coefficient (Wildman–Crippen LogP) is 4.83.